The molecule has 3 N–H and O–H groups in total. The number of carbonyl (C=O) groups is 2. The minimum absolute atomic E-state index is 0.167. The second-order valence-corrected chi connectivity index (χ2v) is 5.30. The smallest absolute Gasteiger partial charge is 0.329 e. The van der Waals surface area contributed by atoms with E-state index in [4.69, 9.17) is 5.11 Å². The molecule has 0 bridgehead atoms. The lowest BCUT2D eigenvalue weighted by Crippen LogP contribution is -2.56. The van der Waals surface area contributed by atoms with Crippen LogP contribution >= 0.6 is 11.8 Å². The van der Waals surface area contributed by atoms with E-state index in [1.54, 1.807) is 18.7 Å². The van der Waals surface area contributed by atoms with Gasteiger partial charge in [-0.1, -0.05) is 6.92 Å². The molecule has 92 valence electrons. The highest BCUT2D eigenvalue weighted by atomic mass is 32.2. The van der Waals surface area contributed by atoms with Crippen LogP contribution in [0.5, 0.6) is 0 Å². The number of carbonyl (C=O) groups excluding carboxylic acids is 1. The van der Waals surface area contributed by atoms with Crippen LogP contribution in [-0.2, 0) is 4.79 Å². The molecule has 0 saturated carbocycles. The third-order valence-electron chi connectivity index (χ3n) is 2.83. The normalized spacial score (nSPS) is 23.5. The van der Waals surface area contributed by atoms with Gasteiger partial charge in [0.05, 0.1) is 0 Å². The number of urea groups is 1. The Morgan fingerprint density at radius 1 is 1.56 bits per heavy atom. The molecule has 2 amide bonds. The third kappa shape index (κ3) is 3.30. The maximum absolute atomic E-state index is 11.6. The SMILES string of the molecule is CCC(C)(NC(=O)NC1CCSC1)C(=O)O. The maximum atomic E-state index is 11.6. The summed E-state index contributed by atoms with van der Waals surface area (Å²) in [5.74, 6) is 0.948. The van der Waals surface area contributed by atoms with Gasteiger partial charge in [0.25, 0.3) is 0 Å². The zero-order valence-electron chi connectivity index (χ0n) is 9.58. The van der Waals surface area contributed by atoms with Gasteiger partial charge in [0.1, 0.15) is 5.54 Å². The standard InChI is InChI=1S/C10H18N2O3S/c1-3-10(2,8(13)14)12-9(15)11-7-4-5-16-6-7/h7H,3-6H2,1-2H3,(H,13,14)(H2,11,12,15). The van der Waals surface area contributed by atoms with E-state index in [1.807, 2.05) is 0 Å². The molecule has 0 spiro atoms. The highest BCUT2D eigenvalue weighted by molar-refractivity contribution is 7.99. The topological polar surface area (TPSA) is 78.4 Å². The summed E-state index contributed by atoms with van der Waals surface area (Å²) < 4.78 is 0. The van der Waals surface area contributed by atoms with Crippen molar-refractivity contribution >= 4 is 23.8 Å². The summed E-state index contributed by atoms with van der Waals surface area (Å²) in [6.45, 7) is 3.25. The molecule has 1 saturated heterocycles. The van der Waals surface area contributed by atoms with Gasteiger partial charge in [-0.25, -0.2) is 9.59 Å². The molecule has 2 unspecified atom stereocenters. The van der Waals surface area contributed by atoms with Crippen LogP contribution in [0.3, 0.4) is 0 Å². The van der Waals surface area contributed by atoms with Crippen molar-refractivity contribution in [3.8, 4) is 0 Å². The highest BCUT2D eigenvalue weighted by Gasteiger charge is 2.33. The second kappa shape index (κ2) is 5.43. The monoisotopic (exact) mass is 246 g/mol. The van der Waals surface area contributed by atoms with Crippen molar-refractivity contribution in [1.82, 2.24) is 10.6 Å². The van der Waals surface area contributed by atoms with Crippen LogP contribution in [0.2, 0.25) is 0 Å². The molecule has 16 heavy (non-hydrogen) atoms. The van der Waals surface area contributed by atoms with Crippen LogP contribution in [0, 0.1) is 0 Å². The number of nitrogens with one attached hydrogen (secondary N) is 2. The summed E-state index contributed by atoms with van der Waals surface area (Å²) in [6.07, 6.45) is 1.31. The Morgan fingerprint density at radius 3 is 2.69 bits per heavy atom. The van der Waals surface area contributed by atoms with Crippen molar-refractivity contribution < 1.29 is 14.7 Å². The number of hydrogen-bond acceptors (Lipinski definition) is 3. The summed E-state index contributed by atoms with van der Waals surface area (Å²) in [6, 6.07) is -0.223. The van der Waals surface area contributed by atoms with Gasteiger partial charge in [-0.05, 0) is 25.5 Å². The van der Waals surface area contributed by atoms with Gasteiger partial charge in [-0.2, -0.15) is 11.8 Å². The molecule has 6 heteroatoms. The zero-order chi connectivity index (χ0) is 12.2. The van der Waals surface area contributed by atoms with Crippen LogP contribution in [0.4, 0.5) is 4.79 Å². The van der Waals surface area contributed by atoms with E-state index in [-0.39, 0.29) is 12.1 Å². The van der Waals surface area contributed by atoms with Crippen LogP contribution in [0.15, 0.2) is 0 Å². The quantitative estimate of drug-likeness (QED) is 0.692. The number of amides is 2. The lowest BCUT2D eigenvalue weighted by Gasteiger charge is -2.25. The predicted molar refractivity (Wildman–Crippen MR) is 63.7 cm³/mol. The summed E-state index contributed by atoms with van der Waals surface area (Å²) in [4.78, 5) is 22.6. The number of thioether (sulfide) groups is 1. The average Bonchev–Trinajstić information content (AvgIpc) is 2.69. The molecule has 1 aliphatic rings. The lowest BCUT2D eigenvalue weighted by molar-refractivity contribution is -0.143. The van der Waals surface area contributed by atoms with Crippen molar-refractivity contribution in [2.45, 2.75) is 38.3 Å². The second-order valence-electron chi connectivity index (χ2n) is 4.15. The van der Waals surface area contributed by atoms with E-state index in [9.17, 15) is 9.59 Å². The van der Waals surface area contributed by atoms with Gasteiger partial charge in [-0.3, -0.25) is 0 Å². The van der Waals surface area contributed by atoms with Gasteiger partial charge < -0.3 is 15.7 Å². The lowest BCUT2D eigenvalue weighted by atomic mass is 10.00. The zero-order valence-corrected chi connectivity index (χ0v) is 10.4. The van der Waals surface area contributed by atoms with Crippen LogP contribution in [0.25, 0.3) is 0 Å². The molecule has 0 aromatic rings. The predicted octanol–water partition coefficient (Wildman–Crippen LogP) is 1.04. The van der Waals surface area contributed by atoms with E-state index < -0.39 is 11.5 Å². The summed E-state index contributed by atoms with van der Waals surface area (Å²) in [5.41, 5.74) is -1.18. The third-order valence-corrected chi connectivity index (χ3v) is 4.00. The van der Waals surface area contributed by atoms with Crippen LogP contribution in [0.1, 0.15) is 26.7 Å². The minimum atomic E-state index is -1.18. The highest BCUT2D eigenvalue weighted by Crippen LogP contribution is 2.17. The fourth-order valence-corrected chi connectivity index (χ4v) is 2.57. The molecule has 0 aromatic heterocycles. The first-order chi connectivity index (χ1) is 7.48. The fourth-order valence-electron chi connectivity index (χ4n) is 1.41. The molecule has 2 atom stereocenters. The van der Waals surface area contributed by atoms with Gasteiger partial charge >= 0.3 is 12.0 Å². The van der Waals surface area contributed by atoms with Crippen molar-refractivity contribution in [3.63, 3.8) is 0 Å². The van der Waals surface area contributed by atoms with E-state index >= 15 is 0 Å². The molecule has 1 heterocycles. The van der Waals surface area contributed by atoms with Crippen molar-refractivity contribution in [2.24, 2.45) is 0 Å². The van der Waals surface area contributed by atoms with Crippen molar-refractivity contribution in [1.29, 1.82) is 0 Å². The van der Waals surface area contributed by atoms with Gasteiger partial charge in [0.15, 0.2) is 0 Å². The molecule has 0 radical (unpaired) electrons. The van der Waals surface area contributed by atoms with E-state index in [0.29, 0.717) is 6.42 Å². The number of hydrogen-bond donors (Lipinski definition) is 3. The first-order valence-electron chi connectivity index (χ1n) is 5.38. The molecular formula is C10H18N2O3S. The van der Waals surface area contributed by atoms with Crippen molar-refractivity contribution in [2.75, 3.05) is 11.5 Å². The van der Waals surface area contributed by atoms with Crippen LogP contribution in [-0.4, -0.2) is 40.2 Å². The molecule has 0 aliphatic carbocycles. The Labute approximate surface area is 99.4 Å². The fraction of sp³-hybridized carbons (Fsp3) is 0.800. The summed E-state index contributed by atoms with van der Waals surface area (Å²) >= 11 is 1.80. The largest absolute Gasteiger partial charge is 0.480 e. The molecule has 0 aromatic carbocycles. The Hall–Kier alpha value is -0.910. The Balaban J connectivity index is 2.45. The summed E-state index contributed by atoms with van der Waals surface area (Å²) in [7, 11) is 0. The Bertz CT molecular complexity index is 279. The Morgan fingerprint density at radius 2 is 2.25 bits per heavy atom. The Kier molecular flexibility index (Phi) is 4.46. The van der Waals surface area contributed by atoms with Crippen molar-refractivity contribution in [3.05, 3.63) is 0 Å². The van der Waals surface area contributed by atoms with E-state index in [1.165, 1.54) is 6.92 Å². The maximum Gasteiger partial charge on any atom is 0.329 e. The number of rotatable bonds is 4. The molecule has 1 fully saturated rings. The van der Waals surface area contributed by atoms with Gasteiger partial charge in [0, 0.05) is 11.8 Å². The first kappa shape index (κ1) is 13.2. The molecule has 5 nitrogen and oxygen atoms in total. The first-order valence-corrected chi connectivity index (χ1v) is 6.53. The molecular weight excluding hydrogens is 228 g/mol. The average molecular weight is 246 g/mol. The van der Waals surface area contributed by atoms with Gasteiger partial charge in [-0.15, -0.1) is 0 Å². The van der Waals surface area contributed by atoms with Crippen LogP contribution < -0.4 is 10.6 Å². The minimum Gasteiger partial charge on any atom is -0.480 e. The number of aliphatic carboxylic acids is 1. The van der Waals surface area contributed by atoms with E-state index in [0.717, 1.165) is 17.9 Å². The molecule has 1 aliphatic heterocycles. The summed E-state index contributed by atoms with van der Waals surface area (Å²) in [5, 5.41) is 14.3. The number of carboxylic acid groups (broad SMARTS) is 1. The van der Waals surface area contributed by atoms with Gasteiger partial charge in [0.2, 0.25) is 0 Å². The molecule has 1 rings (SSSR count). The van der Waals surface area contributed by atoms with E-state index in [2.05, 4.69) is 10.6 Å². The number of carboxylic acids is 1.